The summed E-state index contributed by atoms with van der Waals surface area (Å²) < 4.78 is 7.95. The van der Waals surface area contributed by atoms with Crippen LogP contribution in [0.25, 0.3) is 0 Å². The normalized spacial score (nSPS) is 17.7. The molecule has 6 heteroatoms. The molecule has 0 amide bonds. The van der Waals surface area contributed by atoms with Crippen LogP contribution in [0, 0.1) is 0 Å². The molecule has 1 aliphatic rings. The van der Waals surface area contributed by atoms with Crippen LogP contribution in [0.1, 0.15) is 49.5 Å². The average Bonchev–Trinajstić information content (AvgIpc) is 3.10. The van der Waals surface area contributed by atoms with Crippen molar-refractivity contribution in [2.75, 3.05) is 18.1 Å². The minimum Gasteiger partial charge on any atom is -0.507 e. The van der Waals surface area contributed by atoms with Gasteiger partial charge in [0.05, 0.1) is 17.8 Å². The zero-order valence-corrected chi connectivity index (χ0v) is 14.8. The van der Waals surface area contributed by atoms with Crippen molar-refractivity contribution >= 4 is 12.1 Å². The van der Waals surface area contributed by atoms with E-state index in [4.69, 9.17) is 4.74 Å². The molecular formula is C19H25N3O3. The highest BCUT2D eigenvalue weighted by atomic mass is 16.5. The van der Waals surface area contributed by atoms with Crippen molar-refractivity contribution in [1.82, 2.24) is 9.78 Å². The molecule has 3 rings (SSSR count). The maximum absolute atomic E-state index is 11.2. The molecule has 1 atom stereocenters. The van der Waals surface area contributed by atoms with Gasteiger partial charge in [-0.2, -0.15) is 5.10 Å². The average molecular weight is 343 g/mol. The lowest BCUT2D eigenvalue weighted by atomic mass is 10.0. The van der Waals surface area contributed by atoms with Crippen LogP contribution in [0.2, 0.25) is 0 Å². The van der Waals surface area contributed by atoms with Gasteiger partial charge in [0, 0.05) is 18.7 Å². The topological polar surface area (TPSA) is 67.6 Å². The molecular weight excluding hydrogens is 318 g/mol. The summed E-state index contributed by atoms with van der Waals surface area (Å²) in [6.07, 6.45) is 5.80. The smallest absolute Gasteiger partial charge is 0.157 e. The molecule has 1 aromatic carbocycles. The Hall–Kier alpha value is -2.50. The highest BCUT2D eigenvalue weighted by Gasteiger charge is 2.26. The standard InChI is InChI=1S/C19H25N3O3/c1-14(2)22-19(9-10-20-22)21-11-4-3-6-15(21)13-25-18-8-5-7-17(24)16(18)12-23/h5,7-10,12,14-15,24H,3-4,6,11,13H2,1-2H3/t15-/m0/s1. The fraction of sp³-hybridized carbons (Fsp3) is 0.474. The molecule has 1 aromatic heterocycles. The first-order chi connectivity index (χ1) is 12.1. The maximum atomic E-state index is 11.2. The number of nitrogens with zero attached hydrogens (tertiary/aromatic N) is 3. The number of benzene rings is 1. The van der Waals surface area contributed by atoms with Gasteiger partial charge in [0.15, 0.2) is 6.29 Å². The van der Waals surface area contributed by atoms with Crippen molar-refractivity contribution in [2.45, 2.75) is 45.2 Å². The summed E-state index contributed by atoms with van der Waals surface area (Å²) in [7, 11) is 0. The van der Waals surface area contributed by atoms with Gasteiger partial charge in [-0.1, -0.05) is 6.07 Å². The Balaban J connectivity index is 1.77. The van der Waals surface area contributed by atoms with Crippen molar-refractivity contribution in [2.24, 2.45) is 0 Å². The molecule has 0 bridgehead atoms. The molecule has 134 valence electrons. The number of carbonyl (C=O) groups excluding carboxylic acids is 1. The van der Waals surface area contributed by atoms with E-state index in [1.807, 2.05) is 16.9 Å². The van der Waals surface area contributed by atoms with E-state index >= 15 is 0 Å². The molecule has 1 saturated heterocycles. The van der Waals surface area contributed by atoms with Crippen LogP contribution in [0.4, 0.5) is 5.82 Å². The van der Waals surface area contributed by atoms with Gasteiger partial charge < -0.3 is 14.7 Å². The first-order valence-electron chi connectivity index (χ1n) is 8.82. The van der Waals surface area contributed by atoms with Gasteiger partial charge in [0.1, 0.15) is 23.9 Å². The van der Waals surface area contributed by atoms with Crippen LogP contribution in [0.3, 0.4) is 0 Å². The lowest BCUT2D eigenvalue weighted by molar-refractivity contribution is 0.111. The van der Waals surface area contributed by atoms with E-state index < -0.39 is 0 Å². The monoisotopic (exact) mass is 343 g/mol. The third kappa shape index (κ3) is 3.62. The molecule has 6 nitrogen and oxygen atoms in total. The quantitative estimate of drug-likeness (QED) is 0.814. The Morgan fingerprint density at radius 1 is 1.36 bits per heavy atom. The number of carbonyl (C=O) groups is 1. The molecule has 1 fully saturated rings. The highest BCUT2D eigenvalue weighted by Crippen LogP contribution is 2.29. The first kappa shape index (κ1) is 17.3. The van der Waals surface area contributed by atoms with Crippen molar-refractivity contribution in [3.05, 3.63) is 36.0 Å². The van der Waals surface area contributed by atoms with E-state index in [1.54, 1.807) is 12.1 Å². The predicted molar refractivity (Wildman–Crippen MR) is 96.6 cm³/mol. The molecule has 0 unspecified atom stereocenters. The second-order valence-corrected chi connectivity index (χ2v) is 6.69. The third-order valence-corrected chi connectivity index (χ3v) is 4.65. The zero-order chi connectivity index (χ0) is 17.8. The summed E-state index contributed by atoms with van der Waals surface area (Å²) >= 11 is 0. The number of rotatable bonds is 6. The lowest BCUT2D eigenvalue weighted by Gasteiger charge is -2.37. The van der Waals surface area contributed by atoms with Crippen molar-refractivity contribution in [3.63, 3.8) is 0 Å². The van der Waals surface area contributed by atoms with Gasteiger partial charge >= 0.3 is 0 Å². The van der Waals surface area contributed by atoms with Gasteiger partial charge in [-0.3, -0.25) is 4.79 Å². The molecule has 0 aliphatic carbocycles. The largest absolute Gasteiger partial charge is 0.507 e. The molecule has 1 aliphatic heterocycles. The molecule has 2 heterocycles. The van der Waals surface area contributed by atoms with Crippen LogP contribution in [0.15, 0.2) is 30.5 Å². The molecule has 1 N–H and O–H groups in total. The Kier molecular flexibility index (Phi) is 5.26. The van der Waals surface area contributed by atoms with E-state index in [-0.39, 0.29) is 17.4 Å². The van der Waals surface area contributed by atoms with Crippen LogP contribution in [0.5, 0.6) is 11.5 Å². The minimum atomic E-state index is -0.0501. The fourth-order valence-electron chi connectivity index (χ4n) is 3.37. The number of hydrogen-bond acceptors (Lipinski definition) is 5. The number of phenols is 1. The molecule has 0 saturated carbocycles. The van der Waals surface area contributed by atoms with E-state index in [2.05, 4.69) is 23.8 Å². The number of aromatic hydroxyl groups is 1. The summed E-state index contributed by atoms with van der Waals surface area (Å²) in [5, 5.41) is 14.2. The number of ether oxygens (including phenoxy) is 1. The predicted octanol–water partition coefficient (Wildman–Crippen LogP) is 3.42. The van der Waals surface area contributed by atoms with E-state index in [9.17, 15) is 9.90 Å². The van der Waals surface area contributed by atoms with E-state index in [0.717, 1.165) is 31.6 Å². The number of aldehydes is 1. The Morgan fingerprint density at radius 3 is 2.96 bits per heavy atom. The van der Waals surface area contributed by atoms with E-state index in [1.165, 1.54) is 6.07 Å². The number of anilines is 1. The Labute approximate surface area is 148 Å². The Bertz CT molecular complexity index is 726. The number of hydrogen-bond donors (Lipinski definition) is 1. The molecule has 25 heavy (non-hydrogen) atoms. The summed E-state index contributed by atoms with van der Waals surface area (Å²) in [5.41, 5.74) is 0.206. The third-order valence-electron chi connectivity index (χ3n) is 4.65. The second kappa shape index (κ2) is 7.59. The number of aromatic nitrogens is 2. The summed E-state index contributed by atoms with van der Waals surface area (Å²) in [5.74, 6) is 1.48. The minimum absolute atomic E-state index is 0.0501. The Morgan fingerprint density at radius 2 is 2.20 bits per heavy atom. The molecule has 0 spiro atoms. The highest BCUT2D eigenvalue weighted by molar-refractivity contribution is 5.83. The van der Waals surface area contributed by atoms with Gasteiger partial charge in [-0.15, -0.1) is 0 Å². The van der Waals surface area contributed by atoms with Crippen LogP contribution >= 0.6 is 0 Å². The summed E-state index contributed by atoms with van der Waals surface area (Å²) in [4.78, 5) is 13.6. The van der Waals surface area contributed by atoms with Crippen molar-refractivity contribution in [3.8, 4) is 11.5 Å². The SMILES string of the molecule is CC(C)n1nccc1N1CCCC[C@H]1COc1cccc(O)c1C=O. The van der Waals surface area contributed by atoms with Gasteiger partial charge in [0.25, 0.3) is 0 Å². The molecule has 0 radical (unpaired) electrons. The van der Waals surface area contributed by atoms with Crippen LogP contribution < -0.4 is 9.64 Å². The zero-order valence-electron chi connectivity index (χ0n) is 14.8. The van der Waals surface area contributed by atoms with Crippen LogP contribution in [-0.4, -0.2) is 40.4 Å². The van der Waals surface area contributed by atoms with Crippen molar-refractivity contribution in [1.29, 1.82) is 0 Å². The number of piperidine rings is 1. The van der Waals surface area contributed by atoms with Gasteiger partial charge in [-0.25, -0.2) is 4.68 Å². The van der Waals surface area contributed by atoms with Gasteiger partial charge in [-0.05, 0) is 45.2 Å². The van der Waals surface area contributed by atoms with Gasteiger partial charge in [0.2, 0.25) is 0 Å². The van der Waals surface area contributed by atoms with Crippen LogP contribution in [-0.2, 0) is 0 Å². The van der Waals surface area contributed by atoms with E-state index in [0.29, 0.717) is 24.7 Å². The number of phenolic OH excluding ortho intramolecular Hbond substituents is 1. The second-order valence-electron chi connectivity index (χ2n) is 6.69. The summed E-state index contributed by atoms with van der Waals surface area (Å²) in [6, 6.07) is 7.44. The fourth-order valence-corrected chi connectivity index (χ4v) is 3.37. The molecule has 2 aromatic rings. The summed E-state index contributed by atoms with van der Waals surface area (Å²) in [6.45, 7) is 5.67. The maximum Gasteiger partial charge on any atom is 0.157 e. The first-order valence-corrected chi connectivity index (χ1v) is 8.82. The lowest BCUT2D eigenvalue weighted by Crippen LogP contribution is -2.44. The van der Waals surface area contributed by atoms with Crippen molar-refractivity contribution < 1.29 is 14.6 Å².